The number of nitrogens with zero attached hydrogens (tertiary/aromatic N) is 1. The molecule has 0 unspecified atom stereocenters. The number of furan rings is 1. The predicted octanol–water partition coefficient (Wildman–Crippen LogP) is 6.80. The van der Waals surface area contributed by atoms with Gasteiger partial charge in [0.25, 0.3) is 11.1 Å². The molecule has 1 saturated heterocycles. The lowest BCUT2D eigenvalue weighted by molar-refractivity contribution is -0.123. The van der Waals surface area contributed by atoms with Crippen LogP contribution in [0.25, 0.3) is 16.8 Å². The van der Waals surface area contributed by atoms with Crippen molar-refractivity contribution in [3.8, 4) is 5.75 Å². The van der Waals surface area contributed by atoms with Gasteiger partial charge in [-0.2, -0.15) is 0 Å². The minimum Gasteiger partial charge on any atom is -0.488 e. The van der Waals surface area contributed by atoms with Crippen molar-refractivity contribution in [1.82, 2.24) is 4.90 Å². The van der Waals surface area contributed by atoms with Gasteiger partial charge in [0.1, 0.15) is 18.1 Å². The number of rotatable bonds is 7. The predicted molar refractivity (Wildman–Crippen MR) is 144 cm³/mol. The van der Waals surface area contributed by atoms with Gasteiger partial charge in [-0.1, -0.05) is 58.4 Å². The highest BCUT2D eigenvalue weighted by Crippen LogP contribution is 2.36. The summed E-state index contributed by atoms with van der Waals surface area (Å²) in [7, 11) is 1.24. The number of hydrogen-bond acceptors (Lipinski definition) is 7. The van der Waals surface area contributed by atoms with E-state index in [2.05, 4.69) is 38.9 Å². The van der Waals surface area contributed by atoms with Crippen LogP contribution >= 0.6 is 27.7 Å². The summed E-state index contributed by atoms with van der Waals surface area (Å²) in [5.41, 5.74) is 1.70. The minimum absolute atomic E-state index is 0.00198. The number of fused-ring (bicyclic) bond motifs is 1. The highest BCUT2D eigenvalue weighted by Gasteiger charge is 2.36. The zero-order valence-corrected chi connectivity index (χ0v) is 22.0. The number of carbonyl (C=O) groups excluding carboxylic acids is 3. The number of imide groups is 1. The van der Waals surface area contributed by atoms with Crippen molar-refractivity contribution >= 4 is 61.7 Å². The second kappa shape index (κ2) is 10.7. The van der Waals surface area contributed by atoms with E-state index < -0.39 is 17.1 Å². The minimum atomic E-state index is -0.633. The van der Waals surface area contributed by atoms with Crippen LogP contribution in [0, 0.1) is 0 Å². The molecule has 1 aliphatic heterocycles. The fourth-order valence-corrected chi connectivity index (χ4v) is 5.15. The van der Waals surface area contributed by atoms with Crippen LogP contribution < -0.4 is 4.74 Å². The lowest BCUT2D eigenvalue weighted by Gasteiger charge is -2.12. The zero-order valence-electron chi connectivity index (χ0n) is 19.6. The van der Waals surface area contributed by atoms with Gasteiger partial charge in [-0.3, -0.25) is 14.5 Å². The summed E-state index contributed by atoms with van der Waals surface area (Å²) in [5.74, 6) is -0.207. The second-order valence-corrected chi connectivity index (χ2v) is 10.0. The van der Waals surface area contributed by atoms with E-state index in [9.17, 15) is 14.4 Å². The maximum atomic E-state index is 13.1. The first-order valence-electron chi connectivity index (χ1n) is 11.2. The third-order valence-corrected chi connectivity index (χ3v) is 7.16. The van der Waals surface area contributed by atoms with Gasteiger partial charge in [0.2, 0.25) is 5.76 Å². The van der Waals surface area contributed by atoms with E-state index in [1.807, 2.05) is 42.5 Å². The largest absolute Gasteiger partial charge is 0.488 e. The Balaban J connectivity index is 1.36. The fraction of sp³-hybridized carbons (Fsp3) is 0.107. The van der Waals surface area contributed by atoms with Gasteiger partial charge in [-0.25, -0.2) is 4.79 Å². The second-order valence-electron chi connectivity index (χ2n) is 8.13. The molecule has 5 rings (SSSR count). The van der Waals surface area contributed by atoms with Crippen LogP contribution in [0.3, 0.4) is 0 Å². The van der Waals surface area contributed by atoms with Crippen molar-refractivity contribution in [2.45, 2.75) is 13.2 Å². The van der Waals surface area contributed by atoms with Gasteiger partial charge in [0.05, 0.1) is 18.6 Å². The van der Waals surface area contributed by atoms with Crippen molar-refractivity contribution in [2.24, 2.45) is 0 Å². The summed E-state index contributed by atoms with van der Waals surface area (Å²) < 4.78 is 17.0. The highest BCUT2D eigenvalue weighted by atomic mass is 79.9. The Morgan fingerprint density at radius 2 is 1.86 bits per heavy atom. The van der Waals surface area contributed by atoms with E-state index in [-0.39, 0.29) is 17.2 Å². The molecule has 0 atom stereocenters. The molecule has 0 aliphatic carbocycles. The summed E-state index contributed by atoms with van der Waals surface area (Å²) in [6, 6.07) is 22.7. The molecule has 0 saturated carbocycles. The van der Waals surface area contributed by atoms with Gasteiger partial charge in [-0.15, -0.1) is 0 Å². The molecular weight excluding hydrogens is 558 g/mol. The summed E-state index contributed by atoms with van der Waals surface area (Å²) >= 11 is 4.31. The molecule has 1 aromatic heterocycles. The molecule has 0 spiro atoms. The van der Waals surface area contributed by atoms with Crippen molar-refractivity contribution in [3.63, 3.8) is 0 Å². The summed E-state index contributed by atoms with van der Waals surface area (Å²) in [6.07, 6.45) is 1.65. The molecule has 3 aromatic carbocycles. The first-order chi connectivity index (χ1) is 17.9. The lowest BCUT2D eigenvalue weighted by Crippen LogP contribution is -2.27. The number of carbonyl (C=O) groups is 3. The van der Waals surface area contributed by atoms with Crippen molar-refractivity contribution in [3.05, 3.63) is 105 Å². The smallest absolute Gasteiger partial charge is 0.373 e. The van der Waals surface area contributed by atoms with Crippen LogP contribution in [0.2, 0.25) is 0 Å². The Bertz CT molecular complexity index is 1550. The number of hydrogen-bond donors (Lipinski definition) is 0. The van der Waals surface area contributed by atoms with Crippen molar-refractivity contribution in [2.75, 3.05) is 7.11 Å². The van der Waals surface area contributed by atoms with Gasteiger partial charge in [0.15, 0.2) is 0 Å². The van der Waals surface area contributed by atoms with Gasteiger partial charge in [-0.05, 0) is 64.5 Å². The zero-order chi connectivity index (χ0) is 25.9. The standard InChI is InChI=1S/C28H20BrNO6S/c1-34-27(32)24-12-10-21(36-24)15-30-26(31)25(37-28(30)33)14-19-13-20(29)9-11-23(19)35-16-18-7-4-6-17-5-2-3-8-22(17)18/h2-14H,15-16H2,1H3/b25-14+. The molecular formula is C28H20BrNO6S. The SMILES string of the molecule is COC(=O)c1ccc(CN2C(=O)S/C(=C/c3cc(Br)ccc3OCc3cccc4ccccc34)C2=O)o1. The molecule has 186 valence electrons. The van der Waals surface area contributed by atoms with Gasteiger partial charge in [0, 0.05) is 10.0 Å². The first-order valence-corrected chi connectivity index (χ1v) is 12.9. The quantitative estimate of drug-likeness (QED) is 0.176. The summed E-state index contributed by atoms with van der Waals surface area (Å²) in [6.45, 7) is 0.244. The normalized spacial score (nSPS) is 14.5. The van der Waals surface area contributed by atoms with Gasteiger partial charge < -0.3 is 13.9 Å². The molecule has 2 heterocycles. The van der Waals surface area contributed by atoms with Crippen LogP contribution in [0.1, 0.15) is 27.4 Å². The molecule has 1 aliphatic rings. The van der Waals surface area contributed by atoms with Crippen LogP contribution in [-0.2, 0) is 22.7 Å². The molecule has 4 aromatic rings. The summed E-state index contributed by atoms with van der Waals surface area (Å²) in [5, 5.41) is 1.81. The first kappa shape index (κ1) is 24.9. The maximum absolute atomic E-state index is 13.1. The Kier molecular flexibility index (Phi) is 7.16. The number of ether oxygens (including phenoxy) is 2. The van der Waals surface area contributed by atoms with Crippen molar-refractivity contribution in [1.29, 1.82) is 0 Å². The molecule has 37 heavy (non-hydrogen) atoms. The lowest BCUT2D eigenvalue weighted by atomic mass is 10.1. The maximum Gasteiger partial charge on any atom is 0.373 e. The number of thioether (sulfide) groups is 1. The van der Waals surface area contributed by atoms with E-state index in [0.29, 0.717) is 23.7 Å². The summed E-state index contributed by atoms with van der Waals surface area (Å²) in [4.78, 5) is 38.7. The Morgan fingerprint density at radius 1 is 1.05 bits per heavy atom. The third-order valence-electron chi connectivity index (χ3n) is 5.76. The molecule has 0 bridgehead atoms. The monoisotopic (exact) mass is 577 g/mol. The van der Waals surface area contributed by atoms with Crippen LogP contribution in [0.15, 0.2) is 86.6 Å². The Morgan fingerprint density at radius 3 is 2.70 bits per heavy atom. The van der Waals surface area contributed by atoms with E-state index in [0.717, 1.165) is 37.5 Å². The molecule has 2 amide bonds. The highest BCUT2D eigenvalue weighted by molar-refractivity contribution is 9.10. The van der Waals surface area contributed by atoms with Crippen molar-refractivity contribution < 1.29 is 28.3 Å². The number of esters is 1. The number of halogens is 1. The van der Waals surface area contributed by atoms with Gasteiger partial charge >= 0.3 is 5.97 Å². The fourth-order valence-electron chi connectivity index (χ4n) is 3.94. The van der Waals surface area contributed by atoms with E-state index in [1.165, 1.54) is 19.2 Å². The molecule has 9 heteroatoms. The van der Waals surface area contributed by atoms with Crippen LogP contribution in [-0.4, -0.2) is 29.1 Å². The molecule has 0 radical (unpaired) electrons. The van der Waals surface area contributed by atoms with Crippen LogP contribution in [0.4, 0.5) is 4.79 Å². The molecule has 0 N–H and O–H groups in total. The number of methoxy groups -OCH3 is 1. The third kappa shape index (κ3) is 5.33. The van der Waals surface area contributed by atoms with E-state index in [4.69, 9.17) is 9.15 Å². The molecule has 7 nitrogen and oxygen atoms in total. The van der Waals surface area contributed by atoms with E-state index >= 15 is 0 Å². The van der Waals surface area contributed by atoms with Crippen LogP contribution in [0.5, 0.6) is 5.75 Å². The topological polar surface area (TPSA) is 86.0 Å². The average Bonchev–Trinajstić information content (AvgIpc) is 3.48. The number of benzene rings is 3. The number of amides is 2. The molecule has 1 fully saturated rings. The van der Waals surface area contributed by atoms with E-state index in [1.54, 1.807) is 6.08 Å². The average molecular weight is 578 g/mol. The Labute approximate surface area is 225 Å². The Hall–Kier alpha value is -3.82.